The van der Waals surface area contributed by atoms with Crippen molar-refractivity contribution in [1.29, 1.82) is 0 Å². The van der Waals surface area contributed by atoms with Crippen molar-refractivity contribution in [3.05, 3.63) is 0 Å². The summed E-state index contributed by atoms with van der Waals surface area (Å²) in [6.07, 6.45) is 14.5. The van der Waals surface area contributed by atoms with Gasteiger partial charge in [0.05, 0.1) is 24.2 Å². The Balaban J connectivity index is 2.62. The summed E-state index contributed by atoms with van der Waals surface area (Å²) in [5, 5.41) is 0. The molecule has 1 rings (SSSR count). The molecule has 0 amide bonds. The number of thioether (sulfide) groups is 3. The monoisotopic (exact) mass is 680 g/mol. The van der Waals surface area contributed by atoms with Gasteiger partial charge in [0.1, 0.15) is 0 Å². The molecular formula is C33H60O8S3. The van der Waals surface area contributed by atoms with E-state index in [0.29, 0.717) is 18.6 Å². The molecule has 1 aliphatic heterocycles. The van der Waals surface area contributed by atoms with E-state index < -0.39 is 29.1 Å². The molecule has 1 saturated heterocycles. The summed E-state index contributed by atoms with van der Waals surface area (Å²) < 4.78 is 5.72. The summed E-state index contributed by atoms with van der Waals surface area (Å²) in [6, 6.07) is 0. The predicted octanol–water partition coefficient (Wildman–Crippen LogP) is 8.94. The maximum Gasteiger partial charge on any atom is 0.421 e. The first-order valence-corrected chi connectivity index (χ1v) is 20.3. The summed E-state index contributed by atoms with van der Waals surface area (Å²) in [5.41, 5.74) is -0.577. The minimum atomic E-state index is -1.51. The third-order valence-electron chi connectivity index (χ3n) is 7.62. The van der Waals surface area contributed by atoms with E-state index in [9.17, 15) is 14.4 Å². The molecule has 1 fully saturated rings. The van der Waals surface area contributed by atoms with Crippen LogP contribution in [0.15, 0.2) is 0 Å². The number of unbranched alkanes of at least 4 members (excludes halogenated alkanes) is 9. The van der Waals surface area contributed by atoms with Crippen molar-refractivity contribution >= 4 is 53.2 Å². The van der Waals surface area contributed by atoms with E-state index in [4.69, 9.17) is 24.3 Å². The molecule has 8 nitrogen and oxygen atoms in total. The molecule has 0 bridgehead atoms. The smallest absolute Gasteiger partial charge is 0.421 e. The molecule has 0 radical (unpaired) electrons. The molecule has 2 atom stereocenters. The summed E-state index contributed by atoms with van der Waals surface area (Å²) >= 11 is 5.04. The average molecular weight is 681 g/mol. The van der Waals surface area contributed by atoms with Gasteiger partial charge < -0.3 is 4.74 Å². The Labute approximate surface area is 280 Å². The van der Waals surface area contributed by atoms with Crippen LogP contribution in [0.25, 0.3) is 0 Å². The SMILES string of the molecule is CCCCCCSCCC(=O)OC(C)CC(C)(C)C(CSCCCCCC)C(=O)OOC(=O)C1(CSCCCCCC)OO1. The molecule has 0 saturated carbocycles. The second-order valence-corrected chi connectivity index (χ2v) is 15.9. The number of hydrogen-bond donors (Lipinski definition) is 0. The van der Waals surface area contributed by atoms with Crippen molar-refractivity contribution in [3.8, 4) is 0 Å². The molecule has 44 heavy (non-hydrogen) atoms. The van der Waals surface area contributed by atoms with Crippen molar-refractivity contribution < 1.29 is 38.7 Å². The van der Waals surface area contributed by atoms with Crippen LogP contribution in [-0.2, 0) is 38.7 Å². The molecule has 0 aromatic carbocycles. The van der Waals surface area contributed by atoms with Crippen molar-refractivity contribution in [2.45, 2.75) is 143 Å². The van der Waals surface area contributed by atoms with Gasteiger partial charge in [0.2, 0.25) is 0 Å². The van der Waals surface area contributed by atoms with Gasteiger partial charge in [0.15, 0.2) is 0 Å². The van der Waals surface area contributed by atoms with Gasteiger partial charge in [0, 0.05) is 11.5 Å². The lowest BCUT2D eigenvalue weighted by Gasteiger charge is -2.34. The quantitative estimate of drug-likeness (QED) is 0.0260. The Bertz CT molecular complexity index is 791. The van der Waals surface area contributed by atoms with Crippen LogP contribution in [0.1, 0.15) is 131 Å². The third-order valence-corrected chi connectivity index (χ3v) is 11.0. The summed E-state index contributed by atoms with van der Waals surface area (Å²) in [6.45, 7) is 12.3. The maximum atomic E-state index is 13.3. The van der Waals surface area contributed by atoms with E-state index in [0.717, 1.165) is 55.1 Å². The minimum absolute atomic E-state index is 0.217. The first-order valence-electron chi connectivity index (χ1n) is 16.8. The fraction of sp³-hybridized carbons (Fsp3) is 0.909. The Morgan fingerprint density at radius 1 is 0.727 bits per heavy atom. The van der Waals surface area contributed by atoms with Crippen molar-refractivity contribution in [1.82, 2.24) is 0 Å². The number of ether oxygens (including phenoxy) is 1. The summed E-state index contributed by atoms with van der Waals surface area (Å²) in [5.74, 6) is 0.641. The Morgan fingerprint density at radius 3 is 1.82 bits per heavy atom. The zero-order valence-electron chi connectivity index (χ0n) is 28.3. The topological polar surface area (TPSA) is 104 Å². The third kappa shape index (κ3) is 18.5. The highest BCUT2D eigenvalue weighted by molar-refractivity contribution is 7.99. The molecule has 1 heterocycles. The fourth-order valence-electron chi connectivity index (χ4n) is 4.80. The molecule has 258 valence electrons. The second kappa shape index (κ2) is 24.5. The lowest BCUT2D eigenvalue weighted by molar-refractivity contribution is -0.267. The van der Waals surface area contributed by atoms with Crippen LogP contribution < -0.4 is 0 Å². The normalized spacial score (nSPS) is 15.4. The van der Waals surface area contributed by atoms with Crippen LogP contribution in [-0.4, -0.2) is 64.3 Å². The largest absolute Gasteiger partial charge is 0.463 e. The van der Waals surface area contributed by atoms with Crippen LogP contribution >= 0.6 is 35.3 Å². The number of hydrogen-bond acceptors (Lipinski definition) is 11. The number of rotatable bonds is 28. The van der Waals surface area contributed by atoms with Crippen molar-refractivity contribution in [2.24, 2.45) is 11.3 Å². The van der Waals surface area contributed by atoms with Crippen LogP contribution in [0.3, 0.4) is 0 Å². The highest BCUT2D eigenvalue weighted by Gasteiger charge is 2.60. The summed E-state index contributed by atoms with van der Waals surface area (Å²) in [7, 11) is 0. The molecule has 0 aliphatic carbocycles. The van der Waals surface area contributed by atoms with Gasteiger partial charge in [0.25, 0.3) is 0 Å². The average Bonchev–Trinajstić information content (AvgIpc) is 3.77. The van der Waals surface area contributed by atoms with Gasteiger partial charge in [-0.1, -0.05) is 92.4 Å². The molecule has 0 aromatic heterocycles. The standard InChI is InChI=1S/C33H60O8S3/c1-7-10-13-16-20-42-23-19-29(34)37-27(4)24-32(5,6)28(25-43-21-17-14-11-8-2)30(35)38-39-31(36)33(40-41-33)26-44-22-18-15-12-9-3/h27-28H,7-26H2,1-6H3. The van der Waals surface area contributed by atoms with Crippen LogP contribution in [0, 0.1) is 11.3 Å². The van der Waals surface area contributed by atoms with E-state index in [1.807, 2.05) is 20.8 Å². The Morgan fingerprint density at radius 2 is 1.27 bits per heavy atom. The van der Waals surface area contributed by atoms with Crippen LogP contribution in [0.2, 0.25) is 0 Å². The van der Waals surface area contributed by atoms with Gasteiger partial charge in [-0.3, -0.25) is 4.79 Å². The van der Waals surface area contributed by atoms with Crippen molar-refractivity contribution in [2.75, 3.05) is 34.5 Å². The molecular weight excluding hydrogens is 621 g/mol. The molecule has 0 aromatic rings. The molecule has 1 aliphatic rings. The number of carbonyl (C=O) groups excluding carboxylic acids is 3. The molecule has 0 N–H and O–H groups in total. The highest BCUT2D eigenvalue weighted by atomic mass is 32.2. The number of carbonyl (C=O) groups is 3. The van der Waals surface area contributed by atoms with Crippen LogP contribution in [0.5, 0.6) is 0 Å². The molecule has 0 spiro atoms. The molecule has 2 unspecified atom stereocenters. The van der Waals surface area contributed by atoms with E-state index >= 15 is 0 Å². The predicted molar refractivity (Wildman–Crippen MR) is 184 cm³/mol. The lowest BCUT2D eigenvalue weighted by atomic mass is 9.75. The number of esters is 1. The lowest BCUT2D eigenvalue weighted by Crippen LogP contribution is -2.39. The zero-order valence-corrected chi connectivity index (χ0v) is 30.7. The van der Waals surface area contributed by atoms with E-state index in [1.165, 1.54) is 44.9 Å². The van der Waals surface area contributed by atoms with E-state index in [1.54, 1.807) is 35.3 Å². The maximum absolute atomic E-state index is 13.3. The van der Waals surface area contributed by atoms with E-state index in [-0.39, 0.29) is 17.8 Å². The zero-order chi connectivity index (χ0) is 32.7. The van der Waals surface area contributed by atoms with Crippen molar-refractivity contribution in [3.63, 3.8) is 0 Å². The van der Waals surface area contributed by atoms with Gasteiger partial charge >= 0.3 is 23.7 Å². The van der Waals surface area contributed by atoms with Crippen LogP contribution in [0.4, 0.5) is 0 Å². The minimum Gasteiger partial charge on any atom is -0.463 e. The second-order valence-electron chi connectivity index (χ2n) is 12.4. The van der Waals surface area contributed by atoms with Gasteiger partial charge in [-0.05, 0) is 55.3 Å². The Kier molecular flexibility index (Phi) is 23.1. The highest BCUT2D eigenvalue weighted by Crippen LogP contribution is 2.38. The summed E-state index contributed by atoms with van der Waals surface area (Å²) in [4.78, 5) is 58.5. The Hall–Kier alpha value is -0.620. The van der Waals surface area contributed by atoms with Gasteiger partial charge in [-0.2, -0.15) is 45.1 Å². The van der Waals surface area contributed by atoms with Gasteiger partial charge in [-0.15, -0.1) is 0 Å². The fourth-order valence-corrected chi connectivity index (χ4v) is 8.16. The first kappa shape index (κ1) is 41.4. The first-order chi connectivity index (χ1) is 21.1. The van der Waals surface area contributed by atoms with E-state index in [2.05, 4.69) is 20.8 Å². The van der Waals surface area contributed by atoms with Gasteiger partial charge in [-0.25, -0.2) is 19.4 Å². The molecule has 11 heteroatoms.